The number of halogens is 1. The molecule has 0 fully saturated rings. The van der Waals surface area contributed by atoms with Gasteiger partial charge in [-0.2, -0.15) is 5.21 Å². The number of ether oxygens (including phenoxy) is 1. The van der Waals surface area contributed by atoms with E-state index in [-0.39, 0.29) is 12.5 Å². The molecular weight excluding hydrogens is 356 g/mol. The number of nitrogens with zero attached hydrogens (tertiary/aromatic N) is 3. The quantitative estimate of drug-likeness (QED) is 0.589. The second-order valence-electron chi connectivity index (χ2n) is 5.54. The number of H-pyrrole nitrogens is 1. The maximum Gasteiger partial charge on any atom is 0.263 e. The van der Waals surface area contributed by atoms with E-state index in [1.165, 1.54) is 0 Å². The highest BCUT2D eigenvalue weighted by atomic mass is 35.5. The molecule has 3 rings (SSSR count). The first-order valence-corrected chi connectivity index (χ1v) is 8.23. The predicted octanol–water partition coefficient (Wildman–Crippen LogP) is 2.79. The van der Waals surface area contributed by atoms with Crippen LogP contribution >= 0.6 is 11.6 Å². The molecule has 1 aromatic heterocycles. The average Bonchev–Trinajstić information content (AvgIpc) is 3.14. The van der Waals surface area contributed by atoms with Crippen LogP contribution in [0.1, 0.15) is 11.1 Å². The SMILES string of the molecule is Cc1ccc(NC(=O)COc2ccc(Cl)cc2CNc2nn[nH]n2)cc1. The van der Waals surface area contributed by atoms with Gasteiger partial charge < -0.3 is 15.4 Å². The summed E-state index contributed by atoms with van der Waals surface area (Å²) in [6.45, 7) is 2.24. The van der Waals surface area contributed by atoms with Gasteiger partial charge in [0.1, 0.15) is 5.75 Å². The second kappa shape index (κ2) is 8.30. The van der Waals surface area contributed by atoms with Crippen molar-refractivity contribution >= 4 is 29.1 Å². The van der Waals surface area contributed by atoms with Gasteiger partial charge >= 0.3 is 0 Å². The van der Waals surface area contributed by atoms with Crippen LogP contribution in [0.5, 0.6) is 5.75 Å². The van der Waals surface area contributed by atoms with Crippen LogP contribution < -0.4 is 15.4 Å². The highest BCUT2D eigenvalue weighted by molar-refractivity contribution is 6.30. The number of aromatic nitrogens is 4. The zero-order valence-electron chi connectivity index (χ0n) is 14.0. The van der Waals surface area contributed by atoms with Gasteiger partial charge in [0, 0.05) is 22.8 Å². The predicted molar refractivity (Wildman–Crippen MR) is 98.3 cm³/mol. The molecule has 9 heteroatoms. The van der Waals surface area contributed by atoms with Crippen LogP contribution in [0.3, 0.4) is 0 Å². The van der Waals surface area contributed by atoms with Gasteiger partial charge in [0.05, 0.1) is 0 Å². The molecule has 1 amide bonds. The highest BCUT2D eigenvalue weighted by Crippen LogP contribution is 2.23. The second-order valence-corrected chi connectivity index (χ2v) is 5.98. The van der Waals surface area contributed by atoms with Gasteiger partial charge in [-0.1, -0.05) is 34.4 Å². The van der Waals surface area contributed by atoms with Crippen molar-refractivity contribution in [1.82, 2.24) is 20.6 Å². The van der Waals surface area contributed by atoms with Crippen LogP contribution in [0.15, 0.2) is 42.5 Å². The molecule has 3 N–H and O–H groups in total. The summed E-state index contributed by atoms with van der Waals surface area (Å²) in [5.74, 6) is 0.651. The Labute approximate surface area is 154 Å². The molecule has 0 atom stereocenters. The van der Waals surface area contributed by atoms with E-state index in [9.17, 15) is 4.79 Å². The lowest BCUT2D eigenvalue weighted by atomic mass is 10.2. The van der Waals surface area contributed by atoms with E-state index < -0.39 is 0 Å². The third kappa shape index (κ3) is 4.93. The lowest BCUT2D eigenvalue weighted by Gasteiger charge is -2.12. The van der Waals surface area contributed by atoms with Gasteiger partial charge in [-0.3, -0.25) is 4.79 Å². The number of aryl methyl sites for hydroxylation is 1. The molecular formula is C17H17ClN6O2. The number of aromatic amines is 1. The van der Waals surface area contributed by atoms with Crippen molar-refractivity contribution in [3.8, 4) is 5.75 Å². The average molecular weight is 373 g/mol. The molecule has 0 spiro atoms. The molecule has 0 aliphatic rings. The first kappa shape index (κ1) is 17.7. The summed E-state index contributed by atoms with van der Waals surface area (Å²) in [5, 5.41) is 19.8. The molecule has 8 nitrogen and oxygen atoms in total. The van der Waals surface area contributed by atoms with Crippen molar-refractivity contribution in [2.45, 2.75) is 13.5 Å². The Hall–Kier alpha value is -3.13. The normalized spacial score (nSPS) is 10.4. The molecule has 0 aliphatic carbocycles. The van der Waals surface area contributed by atoms with Crippen molar-refractivity contribution in [3.05, 3.63) is 58.6 Å². The molecule has 0 unspecified atom stereocenters. The number of benzene rings is 2. The molecule has 26 heavy (non-hydrogen) atoms. The summed E-state index contributed by atoms with van der Waals surface area (Å²) >= 11 is 6.05. The topological polar surface area (TPSA) is 105 Å². The molecule has 1 heterocycles. The lowest BCUT2D eigenvalue weighted by Crippen LogP contribution is -2.20. The fourth-order valence-electron chi connectivity index (χ4n) is 2.22. The largest absolute Gasteiger partial charge is 0.483 e. The molecule has 0 saturated heterocycles. The Bertz CT molecular complexity index is 867. The molecule has 0 saturated carbocycles. The van der Waals surface area contributed by atoms with Gasteiger partial charge in [-0.25, -0.2) is 0 Å². The molecule has 0 bridgehead atoms. The number of carbonyl (C=O) groups is 1. The van der Waals surface area contributed by atoms with Crippen molar-refractivity contribution in [1.29, 1.82) is 0 Å². The van der Waals surface area contributed by atoms with Gasteiger partial charge in [-0.15, -0.1) is 5.10 Å². The first-order chi connectivity index (χ1) is 12.6. The van der Waals surface area contributed by atoms with Crippen molar-refractivity contribution < 1.29 is 9.53 Å². The lowest BCUT2D eigenvalue weighted by molar-refractivity contribution is -0.118. The Kier molecular flexibility index (Phi) is 5.65. The Morgan fingerprint density at radius 2 is 2.04 bits per heavy atom. The zero-order valence-corrected chi connectivity index (χ0v) is 14.7. The van der Waals surface area contributed by atoms with Crippen LogP contribution in [0, 0.1) is 6.92 Å². The number of anilines is 2. The van der Waals surface area contributed by atoms with E-state index in [1.54, 1.807) is 18.2 Å². The first-order valence-electron chi connectivity index (χ1n) is 7.85. The van der Waals surface area contributed by atoms with Gasteiger partial charge in [0.25, 0.3) is 11.9 Å². The molecule has 0 aliphatic heterocycles. The molecule has 2 aromatic carbocycles. The Morgan fingerprint density at radius 3 is 2.77 bits per heavy atom. The number of tetrazole rings is 1. The van der Waals surface area contributed by atoms with Crippen LogP contribution in [0.25, 0.3) is 0 Å². The summed E-state index contributed by atoms with van der Waals surface area (Å²) < 4.78 is 5.64. The smallest absolute Gasteiger partial charge is 0.263 e. The summed E-state index contributed by atoms with van der Waals surface area (Å²) in [6.07, 6.45) is 0. The van der Waals surface area contributed by atoms with Gasteiger partial charge in [0.15, 0.2) is 6.61 Å². The van der Waals surface area contributed by atoms with E-state index in [0.29, 0.717) is 23.3 Å². The number of carbonyl (C=O) groups excluding carboxylic acids is 1. The van der Waals surface area contributed by atoms with Crippen LogP contribution in [0.4, 0.5) is 11.6 Å². The maximum atomic E-state index is 12.1. The summed E-state index contributed by atoms with van der Waals surface area (Å²) in [7, 11) is 0. The number of rotatable bonds is 7. The van der Waals surface area contributed by atoms with Crippen molar-refractivity contribution in [2.75, 3.05) is 17.2 Å². The monoisotopic (exact) mass is 372 g/mol. The standard InChI is InChI=1S/C17H17ClN6O2/c1-11-2-5-14(6-3-11)20-16(25)10-26-15-7-4-13(18)8-12(15)9-19-17-21-23-24-22-17/h2-8H,9-10H2,1H3,(H,20,25)(H2,19,21,22,23,24). The number of nitrogens with one attached hydrogen (secondary N) is 3. The minimum absolute atomic E-state index is 0.120. The van der Waals surface area contributed by atoms with E-state index in [1.807, 2.05) is 31.2 Å². The minimum Gasteiger partial charge on any atom is -0.483 e. The van der Waals surface area contributed by atoms with Crippen LogP contribution in [-0.2, 0) is 11.3 Å². The third-order valence-corrected chi connectivity index (χ3v) is 3.73. The minimum atomic E-state index is -0.249. The van der Waals surface area contributed by atoms with Crippen molar-refractivity contribution in [3.63, 3.8) is 0 Å². The molecule has 134 valence electrons. The number of hydrogen-bond donors (Lipinski definition) is 3. The third-order valence-electron chi connectivity index (χ3n) is 3.50. The van der Waals surface area contributed by atoms with Gasteiger partial charge in [0.2, 0.25) is 0 Å². The fraction of sp³-hybridized carbons (Fsp3) is 0.176. The Balaban J connectivity index is 1.59. The summed E-state index contributed by atoms with van der Waals surface area (Å²) in [5.41, 5.74) is 2.61. The van der Waals surface area contributed by atoms with Crippen LogP contribution in [-0.4, -0.2) is 33.1 Å². The van der Waals surface area contributed by atoms with E-state index in [2.05, 4.69) is 31.3 Å². The molecule has 3 aromatic rings. The zero-order chi connectivity index (χ0) is 18.4. The van der Waals surface area contributed by atoms with E-state index in [0.717, 1.165) is 16.8 Å². The summed E-state index contributed by atoms with van der Waals surface area (Å²) in [6, 6.07) is 12.7. The summed E-state index contributed by atoms with van der Waals surface area (Å²) in [4.78, 5) is 12.1. The van der Waals surface area contributed by atoms with E-state index in [4.69, 9.17) is 16.3 Å². The number of hydrogen-bond acceptors (Lipinski definition) is 6. The van der Waals surface area contributed by atoms with Crippen molar-refractivity contribution in [2.24, 2.45) is 0 Å². The Morgan fingerprint density at radius 1 is 1.23 bits per heavy atom. The van der Waals surface area contributed by atoms with Gasteiger partial charge in [-0.05, 0) is 42.5 Å². The van der Waals surface area contributed by atoms with E-state index >= 15 is 0 Å². The van der Waals surface area contributed by atoms with Crippen LogP contribution in [0.2, 0.25) is 5.02 Å². The highest BCUT2D eigenvalue weighted by Gasteiger charge is 2.09. The maximum absolute atomic E-state index is 12.1. The number of amides is 1. The molecule has 0 radical (unpaired) electrons. The fourth-order valence-corrected chi connectivity index (χ4v) is 2.41.